The second-order valence-corrected chi connectivity index (χ2v) is 4.44. The van der Waals surface area contributed by atoms with Gasteiger partial charge in [-0.3, -0.25) is 4.57 Å². The van der Waals surface area contributed by atoms with Gasteiger partial charge in [0.25, 0.3) is 0 Å². The van der Waals surface area contributed by atoms with Gasteiger partial charge < -0.3 is 4.98 Å². The number of aromatic amines is 1. The molecule has 1 aromatic rings. The van der Waals surface area contributed by atoms with Gasteiger partial charge in [0.1, 0.15) is 0 Å². The standard InChI is InChI=1S/C11H18N2O/c1-9-4-2-3-5-10(9)8-13-7-6-12-11(13)14/h6-7,9-10H,2-5,8H2,1H3,(H,12,14). The summed E-state index contributed by atoms with van der Waals surface area (Å²) in [6.07, 6.45) is 8.86. The van der Waals surface area contributed by atoms with Crippen LogP contribution in [0.3, 0.4) is 0 Å². The van der Waals surface area contributed by atoms with Gasteiger partial charge in [-0.1, -0.05) is 26.2 Å². The molecule has 1 aliphatic rings. The maximum Gasteiger partial charge on any atom is 0.325 e. The molecule has 1 fully saturated rings. The van der Waals surface area contributed by atoms with Crippen LogP contribution in [-0.4, -0.2) is 9.55 Å². The Labute approximate surface area is 84.1 Å². The molecule has 1 heterocycles. The lowest BCUT2D eigenvalue weighted by atomic mass is 9.80. The Morgan fingerprint density at radius 2 is 2.29 bits per heavy atom. The van der Waals surface area contributed by atoms with E-state index in [-0.39, 0.29) is 5.69 Å². The van der Waals surface area contributed by atoms with Crippen LogP contribution in [-0.2, 0) is 6.54 Å². The molecule has 0 bridgehead atoms. The van der Waals surface area contributed by atoms with E-state index in [9.17, 15) is 4.79 Å². The van der Waals surface area contributed by atoms with Crippen LogP contribution >= 0.6 is 0 Å². The molecular formula is C11H18N2O. The summed E-state index contributed by atoms with van der Waals surface area (Å²) in [7, 11) is 0. The van der Waals surface area contributed by atoms with Crippen molar-refractivity contribution < 1.29 is 0 Å². The molecule has 0 radical (unpaired) electrons. The first-order valence-electron chi connectivity index (χ1n) is 5.51. The minimum Gasteiger partial charge on any atom is -0.313 e. The maximum atomic E-state index is 11.3. The van der Waals surface area contributed by atoms with Crippen LogP contribution in [0.1, 0.15) is 32.6 Å². The van der Waals surface area contributed by atoms with Crippen molar-refractivity contribution in [3.8, 4) is 0 Å². The van der Waals surface area contributed by atoms with Crippen LogP contribution in [0.25, 0.3) is 0 Å². The quantitative estimate of drug-likeness (QED) is 0.768. The fraction of sp³-hybridized carbons (Fsp3) is 0.727. The monoisotopic (exact) mass is 194 g/mol. The molecule has 2 atom stereocenters. The van der Waals surface area contributed by atoms with Crippen molar-refractivity contribution >= 4 is 0 Å². The molecule has 1 aliphatic carbocycles. The van der Waals surface area contributed by atoms with Gasteiger partial charge in [-0.25, -0.2) is 4.79 Å². The molecule has 1 N–H and O–H groups in total. The number of aromatic nitrogens is 2. The molecular weight excluding hydrogens is 176 g/mol. The highest BCUT2D eigenvalue weighted by atomic mass is 16.1. The van der Waals surface area contributed by atoms with Crippen molar-refractivity contribution in [1.82, 2.24) is 9.55 Å². The lowest BCUT2D eigenvalue weighted by Crippen LogP contribution is -2.26. The summed E-state index contributed by atoms with van der Waals surface area (Å²) in [4.78, 5) is 14.0. The molecule has 0 aliphatic heterocycles. The summed E-state index contributed by atoms with van der Waals surface area (Å²) < 4.78 is 1.80. The normalized spacial score (nSPS) is 27.8. The van der Waals surface area contributed by atoms with Crippen LogP contribution in [0.5, 0.6) is 0 Å². The Morgan fingerprint density at radius 1 is 1.50 bits per heavy atom. The van der Waals surface area contributed by atoms with Gasteiger partial charge in [0.05, 0.1) is 0 Å². The molecule has 2 rings (SSSR count). The summed E-state index contributed by atoms with van der Waals surface area (Å²) >= 11 is 0. The summed E-state index contributed by atoms with van der Waals surface area (Å²) in [5.74, 6) is 1.46. The average molecular weight is 194 g/mol. The topological polar surface area (TPSA) is 37.8 Å². The zero-order chi connectivity index (χ0) is 9.97. The number of rotatable bonds is 2. The first-order chi connectivity index (χ1) is 6.77. The van der Waals surface area contributed by atoms with Gasteiger partial charge >= 0.3 is 5.69 Å². The van der Waals surface area contributed by atoms with Gasteiger partial charge in [0, 0.05) is 18.9 Å². The van der Waals surface area contributed by atoms with E-state index < -0.39 is 0 Å². The van der Waals surface area contributed by atoms with E-state index in [1.165, 1.54) is 25.7 Å². The molecule has 0 saturated heterocycles. The molecule has 0 aromatic carbocycles. The van der Waals surface area contributed by atoms with Crippen LogP contribution in [0.4, 0.5) is 0 Å². The fourth-order valence-corrected chi connectivity index (χ4v) is 2.41. The SMILES string of the molecule is CC1CCCCC1Cn1cc[nH]c1=O. The third-order valence-corrected chi connectivity index (χ3v) is 3.44. The second kappa shape index (κ2) is 4.03. The number of nitrogens with one attached hydrogen (secondary N) is 1. The molecule has 3 heteroatoms. The van der Waals surface area contributed by atoms with Crippen LogP contribution in [0.2, 0.25) is 0 Å². The van der Waals surface area contributed by atoms with E-state index in [1.807, 2.05) is 6.20 Å². The fourth-order valence-electron chi connectivity index (χ4n) is 2.41. The van der Waals surface area contributed by atoms with E-state index in [2.05, 4.69) is 11.9 Å². The highest BCUT2D eigenvalue weighted by Gasteiger charge is 2.21. The summed E-state index contributed by atoms with van der Waals surface area (Å²) in [6, 6.07) is 0. The Balaban J connectivity index is 2.03. The molecule has 14 heavy (non-hydrogen) atoms. The van der Waals surface area contributed by atoms with Crippen molar-refractivity contribution in [2.45, 2.75) is 39.2 Å². The first-order valence-corrected chi connectivity index (χ1v) is 5.51. The van der Waals surface area contributed by atoms with Crippen LogP contribution in [0.15, 0.2) is 17.2 Å². The highest BCUT2D eigenvalue weighted by molar-refractivity contribution is 4.80. The van der Waals surface area contributed by atoms with Gasteiger partial charge in [-0.05, 0) is 18.3 Å². The van der Waals surface area contributed by atoms with E-state index in [0.717, 1.165) is 12.5 Å². The van der Waals surface area contributed by atoms with E-state index in [1.54, 1.807) is 10.8 Å². The molecule has 3 nitrogen and oxygen atoms in total. The summed E-state index contributed by atoms with van der Waals surface area (Å²) in [6.45, 7) is 3.20. The Kier molecular flexibility index (Phi) is 2.75. The zero-order valence-corrected chi connectivity index (χ0v) is 8.70. The van der Waals surface area contributed by atoms with Gasteiger partial charge in [-0.15, -0.1) is 0 Å². The lowest BCUT2D eigenvalue weighted by molar-refractivity contribution is 0.227. The largest absolute Gasteiger partial charge is 0.325 e. The summed E-state index contributed by atoms with van der Waals surface area (Å²) in [5, 5.41) is 0. The van der Waals surface area contributed by atoms with Gasteiger partial charge in [0.2, 0.25) is 0 Å². The third-order valence-electron chi connectivity index (χ3n) is 3.44. The van der Waals surface area contributed by atoms with E-state index in [4.69, 9.17) is 0 Å². The van der Waals surface area contributed by atoms with Crippen molar-refractivity contribution in [1.29, 1.82) is 0 Å². The minimum absolute atomic E-state index is 0.0303. The number of hydrogen-bond donors (Lipinski definition) is 1. The second-order valence-electron chi connectivity index (χ2n) is 4.44. The Morgan fingerprint density at radius 3 is 2.93 bits per heavy atom. The molecule has 0 spiro atoms. The first kappa shape index (κ1) is 9.56. The van der Waals surface area contributed by atoms with Crippen molar-refractivity contribution in [3.05, 3.63) is 22.9 Å². The Bertz CT molecular complexity index is 339. The van der Waals surface area contributed by atoms with E-state index in [0.29, 0.717) is 5.92 Å². The number of H-pyrrole nitrogens is 1. The average Bonchev–Trinajstić information content (AvgIpc) is 2.56. The molecule has 1 aromatic heterocycles. The summed E-state index contributed by atoms with van der Waals surface area (Å²) in [5.41, 5.74) is 0.0303. The predicted octanol–water partition coefficient (Wildman–Crippen LogP) is 2.00. The van der Waals surface area contributed by atoms with Crippen molar-refractivity contribution in [3.63, 3.8) is 0 Å². The van der Waals surface area contributed by atoms with Crippen LogP contribution in [0, 0.1) is 11.8 Å². The lowest BCUT2D eigenvalue weighted by Gasteiger charge is -2.28. The Hall–Kier alpha value is -0.990. The molecule has 1 saturated carbocycles. The molecule has 78 valence electrons. The maximum absolute atomic E-state index is 11.3. The van der Waals surface area contributed by atoms with E-state index >= 15 is 0 Å². The predicted molar refractivity (Wildman–Crippen MR) is 56.2 cm³/mol. The van der Waals surface area contributed by atoms with Crippen molar-refractivity contribution in [2.75, 3.05) is 0 Å². The minimum atomic E-state index is 0.0303. The molecule has 2 unspecified atom stereocenters. The van der Waals surface area contributed by atoms with Gasteiger partial charge in [-0.2, -0.15) is 0 Å². The molecule has 0 amide bonds. The third kappa shape index (κ3) is 1.91. The number of imidazole rings is 1. The van der Waals surface area contributed by atoms with Crippen molar-refractivity contribution in [2.24, 2.45) is 11.8 Å². The highest BCUT2D eigenvalue weighted by Crippen LogP contribution is 2.30. The van der Waals surface area contributed by atoms with Crippen LogP contribution < -0.4 is 5.69 Å². The smallest absolute Gasteiger partial charge is 0.313 e. The number of nitrogens with zero attached hydrogens (tertiary/aromatic N) is 1. The number of hydrogen-bond acceptors (Lipinski definition) is 1. The van der Waals surface area contributed by atoms with Gasteiger partial charge in [0.15, 0.2) is 0 Å². The zero-order valence-electron chi connectivity index (χ0n) is 8.70.